The van der Waals surface area contributed by atoms with Crippen LogP contribution in [0.1, 0.15) is 10.4 Å². The molecule has 0 unspecified atom stereocenters. The first-order valence-corrected chi connectivity index (χ1v) is 14.2. The number of carbonyl (C=O) groups excluding carboxylic acids is 1. The van der Waals surface area contributed by atoms with Crippen molar-refractivity contribution in [2.45, 2.75) is 13.0 Å². The minimum absolute atomic E-state index is 0.0245. The first-order valence-electron chi connectivity index (χ1n) is 10.9. The summed E-state index contributed by atoms with van der Waals surface area (Å²) in [5.74, 6) is 0.124. The number of thiophene rings is 1. The molecule has 8 nitrogen and oxygen atoms in total. The summed E-state index contributed by atoms with van der Waals surface area (Å²) in [5, 5.41) is 4.14. The Balaban J connectivity index is 1.45. The summed E-state index contributed by atoms with van der Waals surface area (Å²) in [5.41, 5.74) is 1.73. The lowest BCUT2D eigenvalue weighted by Crippen LogP contribution is -2.34. The Hall–Kier alpha value is -2.60. The molecule has 0 atom stereocenters. The van der Waals surface area contributed by atoms with Gasteiger partial charge >= 0.3 is 0 Å². The van der Waals surface area contributed by atoms with Crippen molar-refractivity contribution in [2.75, 3.05) is 44.0 Å². The van der Waals surface area contributed by atoms with Crippen LogP contribution >= 0.6 is 22.9 Å². The van der Waals surface area contributed by atoms with Crippen molar-refractivity contribution >= 4 is 60.4 Å². The normalized spacial score (nSPS) is 14.1. The van der Waals surface area contributed by atoms with E-state index < -0.39 is 15.7 Å². The molecule has 12 heteroatoms. The van der Waals surface area contributed by atoms with Crippen LogP contribution in [-0.4, -0.2) is 72.8 Å². The fourth-order valence-electron chi connectivity index (χ4n) is 3.77. The van der Waals surface area contributed by atoms with Gasteiger partial charge in [-0.3, -0.25) is 4.79 Å². The number of rotatable bonds is 8. The van der Waals surface area contributed by atoms with Crippen LogP contribution in [-0.2, 0) is 27.6 Å². The summed E-state index contributed by atoms with van der Waals surface area (Å²) in [4.78, 5) is 27.0. The Morgan fingerprint density at radius 2 is 2.17 bits per heavy atom. The van der Waals surface area contributed by atoms with Crippen LogP contribution in [0.3, 0.4) is 0 Å². The topological polar surface area (TPSA) is 95.5 Å². The van der Waals surface area contributed by atoms with Crippen LogP contribution in [0.5, 0.6) is 0 Å². The molecule has 2 aromatic heterocycles. The summed E-state index contributed by atoms with van der Waals surface area (Å²) in [6.45, 7) is 1.93. The Bertz CT molecular complexity index is 1390. The third kappa shape index (κ3) is 6.35. The predicted octanol–water partition coefficient (Wildman–Crippen LogP) is 3.64. The van der Waals surface area contributed by atoms with Crippen molar-refractivity contribution in [3.63, 3.8) is 0 Å². The number of benzene rings is 1. The number of hydrogen-bond donors (Lipinski definition) is 1. The quantitative estimate of drug-likeness (QED) is 0.438. The molecule has 35 heavy (non-hydrogen) atoms. The number of nitrogens with one attached hydrogen (secondary N) is 1. The third-order valence-electron chi connectivity index (χ3n) is 5.65. The van der Waals surface area contributed by atoms with Crippen LogP contribution in [0.15, 0.2) is 36.7 Å². The Morgan fingerprint density at radius 3 is 2.91 bits per heavy atom. The van der Waals surface area contributed by atoms with Crippen molar-refractivity contribution in [2.24, 2.45) is 0 Å². The third-order valence-corrected chi connectivity index (χ3v) is 7.99. The maximum Gasteiger partial charge on any atom is 0.246 e. The van der Waals surface area contributed by atoms with E-state index in [-0.39, 0.29) is 16.7 Å². The SMILES string of the molecule is CN(CC=CC(=O)N1CCc2c(sc3ncnc(Nc4ccc(F)c(Cl)c4)c23)C1)CCS(C)(=O)=O. The molecule has 1 N–H and O–H groups in total. The highest BCUT2D eigenvalue weighted by Crippen LogP contribution is 2.38. The molecule has 0 aliphatic carbocycles. The molecule has 186 valence electrons. The lowest BCUT2D eigenvalue weighted by Gasteiger charge is -2.26. The maximum absolute atomic E-state index is 13.5. The number of fused-ring (bicyclic) bond motifs is 3. The van der Waals surface area contributed by atoms with E-state index in [9.17, 15) is 17.6 Å². The van der Waals surface area contributed by atoms with Crippen molar-refractivity contribution in [3.05, 3.63) is 58.0 Å². The Morgan fingerprint density at radius 1 is 1.37 bits per heavy atom. The zero-order valence-electron chi connectivity index (χ0n) is 19.3. The monoisotopic (exact) mass is 537 g/mol. The molecular weight excluding hydrogens is 513 g/mol. The Labute approximate surface area is 212 Å². The zero-order valence-corrected chi connectivity index (χ0v) is 21.7. The van der Waals surface area contributed by atoms with E-state index in [1.54, 1.807) is 23.1 Å². The molecule has 0 bridgehead atoms. The molecule has 0 saturated heterocycles. The van der Waals surface area contributed by atoms with Crippen LogP contribution in [0.4, 0.5) is 15.9 Å². The molecule has 0 fully saturated rings. The molecule has 0 spiro atoms. The number of nitrogens with zero attached hydrogens (tertiary/aromatic N) is 4. The van der Waals surface area contributed by atoms with E-state index in [0.29, 0.717) is 44.1 Å². The zero-order chi connectivity index (χ0) is 25.2. The number of aromatic nitrogens is 2. The second kappa shape index (κ2) is 10.6. The van der Waals surface area contributed by atoms with E-state index in [4.69, 9.17) is 11.6 Å². The highest BCUT2D eigenvalue weighted by Gasteiger charge is 2.25. The summed E-state index contributed by atoms with van der Waals surface area (Å²) in [6, 6.07) is 4.40. The number of likely N-dealkylation sites (N-methyl/N-ethyl adjacent to an activating group) is 1. The van der Waals surface area contributed by atoms with E-state index in [1.807, 2.05) is 11.9 Å². The van der Waals surface area contributed by atoms with Gasteiger partial charge in [0.25, 0.3) is 0 Å². The molecule has 3 heterocycles. The van der Waals surface area contributed by atoms with Gasteiger partial charge in [0.2, 0.25) is 5.91 Å². The molecule has 4 rings (SSSR count). The van der Waals surface area contributed by atoms with Gasteiger partial charge in [-0.2, -0.15) is 0 Å². The van der Waals surface area contributed by atoms with Gasteiger partial charge in [0.05, 0.1) is 22.7 Å². The number of hydrogen-bond acceptors (Lipinski definition) is 8. The van der Waals surface area contributed by atoms with Crippen LogP contribution in [0, 0.1) is 5.82 Å². The maximum atomic E-state index is 13.5. The van der Waals surface area contributed by atoms with E-state index in [1.165, 1.54) is 36.1 Å². The van der Waals surface area contributed by atoms with Gasteiger partial charge in [0, 0.05) is 42.5 Å². The minimum Gasteiger partial charge on any atom is -0.340 e. The number of anilines is 2. The summed E-state index contributed by atoms with van der Waals surface area (Å²) in [7, 11) is -1.20. The van der Waals surface area contributed by atoms with Crippen LogP contribution in [0.2, 0.25) is 5.02 Å². The smallest absolute Gasteiger partial charge is 0.246 e. The van der Waals surface area contributed by atoms with Crippen molar-refractivity contribution in [3.8, 4) is 0 Å². The lowest BCUT2D eigenvalue weighted by molar-refractivity contribution is -0.126. The van der Waals surface area contributed by atoms with E-state index >= 15 is 0 Å². The molecule has 1 amide bonds. The van der Waals surface area contributed by atoms with Gasteiger partial charge in [-0.15, -0.1) is 11.3 Å². The predicted molar refractivity (Wildman–Crippen MR) is 138 cm³/mol. The summed E-state index contributed by atoms with van der Waals surface area (Å²) < 4.78 is 36.1. The first kappa shape index (κ1) is 25.5. The van der Waals surface area contributed by atoms with Crippen molar-refractivity contribution in [1.29, 1.82) is 0 Å². The van der Waals surface area contributed by atoms with Crippen LogP contribution < -0.4 is 5.32 Å². The van der Waals surface area contributed by atoms with E-state index in [0.717, 1.165) is 20.7 Å². The van der Waals surface area contributed by atoms with Gasteiger partial charge in [0.15, 0.2) is 0 Å². The minimum atomic E-state index is -3.02. The van der Waals surface area contributed by atoms with Gasteiger partial charge < -0.3 is 15.1 Å². The average Bonchev–Trinajstić information content (AvgIpc) is 3.18. The molecule has 1 aliphatic heterocycles. The van der Waals surface area contributed by atoms with Gasteiger partial charge in [-0.25, -0.2) is 22.8 Å². The van der Waals surface area contributed by atoms with E-state index in [2.05, 4.69) is 15.3 Å². The summed E-state index contributed by atoms with van der Waals surface area (Å²) >= 11 is 7.44. The highest BCUT2D eigenvalue weighted by molar-refractivity contribution is 7.90. The molecular formula is C23H25ClFN5O3S2. The highest BCUT2D eigenvalue weighted by atomic mass is 35.5. The fraction of sp³-hybridized carbons (Fsp3) is 0.348. The first-order chi connectivity index (χ1) is 16.6. The molecule has 0 saturated carbocycles. The van der Waals surface area contributed by atoms with Gasteiger partial charge in [0.1, 0.15) is 32.6 Å². The second-order valence-electron chi connectivity index (χ2n) is 8.46. The lowest BCUT2D eigenvalue weighted by atomic mass is 10.0. The number of sulfone groups is 1. The molecule has 1 aliphatic rings. The van der Waals surface area contributed by atoms with Gasteiger partial charge in [-0.1, -0.05) is 17.7 Å². The van der Waals surface area contributed by atoms with Crippen molar-refractivity contribution in [1.82, 2.24) is 19.8 Å². The molecule has 1 aromatic carbocycles. The standard InChI is InChI=1S/C23H25ClFN5O3S2/c1-29(10-11-35(2,32)33)8-3-4-20(31)30-9-7-16-19(13-30)34-23-21(16)22(26-14-27-23)28-15-5-6-18(25)17(24)12-15/h3-6,12,14H,7-11,13H2,1-2H3,(H,26,27,28). The number of carbonyl (C=O) groups is 1. The van der Waals surface area contributed by atoms with Crippen LogP contribution in [0.25, 0.3) is 10.2 Å². The molecule has 3 aromatic rings. The Kier molecular flexibility index (Phi) is 7.70. The van der Waals surface area contributed by atoms with Crippen molar-refractivity contribution < 1.29 is 17.6 Å². The number of amides is 1. The largest absolute Gasteiger partial charge is 0.340 e. The number of halogens is 2. The average molecular weight is 538 g/mol. The fourth-order valence-corrected chi connectivity index (χ4v) is 5.80. The summed E-state index contributed by atoms with van der Waals surface area (Å²) in [6.07, 6.45) is 6.65. The van der Waals surface area contributed by atoms with Gasteiger partial charge in [-0.05, 0) is 37.2 Å². The second-order valence-corrected chi connectivity index (χ2v) is 12.2. The molecule has 0 radical (unpaired) electrons.